The minimum atomic E-state index is -3.25. The number of H-pyrrole nitrogens is 1. The molecule has 0 saturated carbocycles. The number of aromatic nitrogens is 1. The molecule has 7 heteroatoms. The average Bonchev–Trinajstić information content (AvgIpc) is 3.36. The number of thiophene rings is 1. The highest BCUT2D eigenvalue weighted by Gasteiger charge is 2.29. The zero-order valence-electron chi connectivity index (χ0n) is 15.1. The number of rotatable bonds is 6. The van der Waals surface area contributed by atoms with Gasteiger partial charge in [-0.15, -0.1) is 11.3 Å². The summed E-state index contributed by atoms with van der Waals surface area (Å²) in [5, 5.41) is 12.2. The van der Waals surface area contributed by atoms with Crippen LogP contribution in [0, 0.1) is 0 Å². The number of hydrogen-bond donors (Lipinski definition) is 2. The van der Waals surface area contributed by atoms with Crippen LogP contribution in [0.3, 0.4) is 0 Å². The molecule has 4 rings (SSSR count). The first kappa shape index (κ1) is 18.7. The third kappa shape index (κ3) is 3.82. The predicted octanol–water partition coefficient (Wildman–Crippen LogP) is 3.79. The summed E-state index contributed by atoms with van der Waals surface area (Å²) >= 11 is 1.74. The number of aliphatic hydroxyl groups excluding tert-OH is 1. The Labute approximate surface area is 163 Å². The number of benzene rings is 1. The molecule has 144 valence electrons. The molecule has 1 saturated heterocycles. The van der Waals surface area contributed by atoms with E-state index in [1.54, 1.807) is 15.6 Å². The van der Waals surface area contributed by atoms with Crippen LogP contribution in [0.4, 0.5) is 0 Å². The maximum Gasteiger partial charge on any atom is 0.214 e. The monoisotopic (exact) mass is 404 g/mol. The van der Waals surface area contributed by atoms with Gasteiger partial charge in [0.2, 0.25) is 10.0 Å². The molecule has 5 nitrogen and oxygen atoms in total. The molecule has 0 spiro atoms. The summed E-state index contributed by atoms with van der Waals surface area (Å²) in [6, 6.07) is 10.7. The van der Waals surface area contributed by atoms with Gasteiger partial charge >= 0.3 is 0 Å². The highest BCUT2D eigenvalue weighted by Crippen LogP contribution is 2.36. The van der Waals surface area contributed by atoms with Crippen molar-refractivity contribution in [2.24, 2.45) is 0 Å². The lowest BCUT2D eigenvalue weighted by atomic mass is 9.89. The van der Waals surface area contributed by atoms with Crippen LogP contribution in [0.2, 0.25) is 0 Å². The molecule has 2 N–H and O–H groups in total. The van der Waals surface area contributed by atoms with Gasteiger partial charge in [0, 0.05) is 41.7 Å². The van der Waals surface area contributed by atoms with Gasteiger partial charge in [-0.3, -0.25) is 0 Å². The summed E-state index contributed by atoms with van der Waals surface area (Å²) in [5.41, 5.74) is 3.64. The predicted molar refractivity (Wildman–Crippen MR) is 111 cm³/mol. The first-order valence-corrected chi connectivity index (χ1v) is 11.8. The topological polar surface area (TPSA) is 73.4 Å². The Bertz CT molecular complexity index is 1000. The maximum absolute atomic E-state index is 12.3. The molecule has 0 aliphatic carbocycles. The average molecular weight is 405 g/mol. The minimum absolute atomic E-state index is 0.0332. The molecule has 0 amide bonds. The zero-order chi connectivity index (χ0) is 18.9. The third-order valence-electron chi connectivity index (χ3n) is 5.37. The summed E-state index contributed by atoms with van der Waals surface area (Å²) in [5.74, 6) is 0.396. The van der Waals surface area contributed by atoms with Gasteiger partial charge in [-0.1, -0.05) is 12.1 Å². The minimum Gasteiger partial charge on any atom is -0.396 e. The van der Waals surface area contributed by atoms with E-state index in [2.05, 4.69) is 46.9 Å². The van der Waals surface area contributed by atoms with Gasteiger partial charge in [-0.2, -0.15) is 0 Å². The summed E-state index contributed by atoms with van der Waals surface area (Å²) < 4.78 is 26.3. The Morgan fingerprint density at radius 3 is 2.74 bits per heavy atom. The van der Waals surface area contributed by atoms with E-state index >= 15 is 0 Å². The molecule has 1 aliphatic rings. The van der Waals surface area contributed by atoms with E-state index in [9.17, 15) is 8.42 Å². The van der Waals surface area contributed by atoms with Crippen LogP contribution in [0.15, 0.2) is 41.9 Å². The van der Waals surface area contributed by atoms with Gasteiger partial charge in [0.05, 0.1) is 5.75 Å². The fraction of sp³-hybridized carbons (Fsp3) is 0.400. The van der Waals surface area contributed by atoms with E-state index in [0.717, 1.165) is 18.4 Å². The summed E-state index contributed by atoms with van der Waals surface area (Å²) in [7, 11) is -3.25. The van der Waals surface area contributed by atoms with E-state index in [1.165, 1.54) is 21.4 Å². The Morgan fingerprint density at radius 1 is 1.22 bits per heavy atom. The quantitative estimate of drug-likeness (QED) is 0.656. The van der Waals surface area contributed by atoms with Gasteiger partial charge < -0.3 is 10.1 Å². The fourth-order valence-electron chi connectivity index (χ4n) is 3.90. The SMILES string of the molecule is O=S(=O)(CCCO)N1CCC(c2c[nH]c3ccc(-c4cccs4)cc23)CC1. The molecule has 0 radical (unpaired) electrons. The number of nitrogens with one attached hydrogen (secondary N) is 1. The summed E-state index contributed by atoms with van der Waals surface area (Å²) in [4.78, 5) is 4.63. The standard InChI is InChI=1S/C20H24N2O3S2/c23-10-2-12-27(24,25)22-8-6-15(7-9-22)18-14-21-19-5-4-16(13-17(18)19)20-3-1-11-26-20/h1,3-5,11,13-15,21,23H,2,6-10,12H2. The van der Waals surface area contributed by atoms with Crippen LogP contribution in [-0.2, 0) is 10.0 Å². The van der Waals surface area contributed by atoms with E-state index in [4.69, 9.17) is 5.11 Å². The van der Waals surface area contributed by atoms with Crippen LogP contribution >= 0.6 is 11.3 Å². The maximum atomic E-state index is 12.3. The summed E-state index contributed by atoms with van der Waals surface area (Å²) in [6.45, 7) is 1.02. The van der Waals surface area contributed by atoms with Crippen LogP contribution in [-0.4, -0.2) is 48.3 Å². The Hall–Kier alpha value is -1.67. The van der Waals surface area contributed by atoms with E-state index < -0.39 is 10.0 Å². The molecule has 2 aromatic heterocycles. The molecular weight excluding hydrogens is 380 g/mol. The highest BCUT2D eigenvalue weighted by molar-refractivity contribution is 7.89. The normalized spacial score (nSPS) is 16.9. The van der Waals surface area contributed by atoms with Gasteiger partial charge in [-0.05, 0) is 59.9 Å². The molecule has 1 fully saturated rings. The highest BCUT2D eigenvalue weighted by atomic mass is 32.2. The molecule has 3 heterocycles. The second-order valence-electron chi connectivity index (χ2n) is 7.05. The van der Waals surface area contributed by atoms with Crippen molar-refractivity contribution in [1.82, 2.24) is 9.29 Å². The Balaban J connectivity index is 1.53. The fourth-order valence-corrected chi connectivity index (χ4v) is 6.14. The van der Waals surface area contributed by atoms with Gasteiger partial charge in [0.15, 0.2) is 0 Å². The zero-order valence-corrected chi connectivity index (χ0v) is 16.7. The number of piperidine rings is 1. The number of sulfonamides is 1. The molecule has 27 heavy (non-hydrogen) atoms. The molecule has 0 unspecified atom stereocenters. The third-order valence-corrected chi connectivity index (χ3v) is 8.24. The number of fused-ring (bicyclic) bond motifs is 1. The van der Waals surface area contributed by atoms with Crippen molar-refractivity contribution in [2.45, 2.75) is 25.2 Å². The lowest BCUT2D eigenvalue weighted by Gasteiger charge is -2.31. The Kier molecular flexibility index (Phi) is 5.36. The molecular formula is C20H24N2O3S2. The van der Waals surface area contributed by atoms with Crippen molar-refractivity contribution in [3.63, 3.8) is 0 Å². The molecule has 3 aromatic rings. The van der Waals surface area contributed by atoms with Gasteiger partial charge in [-0.25, -0.2) is 12.7 Å². The molecule has 0 atom stereocenters. The second kappa shape index (κ2) is 7.75. The van der Waals surface area contributed by atoms with Gasteiger partial charge in [0.1, 0.15) is 0 Å². The van der Waals surface area contributed by atoms with Crippen molar-refractivity contribution < 1.29 is 13.5 Å². The van der Waals surface area contributed by atoms with Crippen molar-refractivity contribution >= 4 is 32.3 Å². The first-order valence-electron chi connectivity index (χ1n) is 9.32. The smallest absolute Gasteiger partial charge is 0.214 e. The van der Waals surface area contributed by atoms with E-state index in [0.29, 0.717) is 25.4 Å². The van der Waals surface area contributed by atoms with E-state index in [1.807, 2.05) is 0 Å². The van der Waals surface area contributed by atoms with Crippen LogP contribution in [0.5, 0.6) is 0 Å². The Morgan fingerprint density at radius 2 is 2.04 bits per heavy atom. The number of aromatic amines is 1. The number of aliphatic hydroxyl groups is 1. The number of nitrogens with zero attached hydrogens (tertiary/aromatic N) is 1. The van der Waals surface area contributed by atoms with Crippen LogP contribution < -0.4 is 0 Å². The van der Waals surface area contributed by atoms with Crippen molar-refractivity contribution in [2.75, 3.05) is 25.4 Å². The lowest BCUT2D eigenvalue weighted by Crippen LogP contribution is -2.39. The first-order chi connectivity index (χ1) is 13.1. The van der Waals surface area contributed by atoms with Gasteiger partial charge in [0.25, 0.3) is 0 Å². The number of hydrogen-bond acceptors (Lipinski definition) is 4. The largest absolute Gasteiger partial charge is 0.396 e. The lowest BCUT2D eigenvalue weighted by molar-refractivity contribution is 0.290. The van der Waals surface area contributed by atoms with Crippen LogP contribution in [0.1, 0.15) is 30.7 Å². The van der Waals surface area contributed by atoms with Crippen molar-refractivity contribution in [3.8, 4) is 10.4 Å². The van der Waals surface area contributed by atoms with E-state index in [-0.39, 0.29) is 12.4 Å². The van der Waals surface area contributed by atoms with Crippen LogP contribution in [0.25, 0.3) is 21.3 Å². The molecule has 1 aliphatic heterocycles. The van der Waals surface area contributed by atoms with Crippen molar-refractivity contribution in [3.05, 3.63) is 47.5 Å². The molecule has 1 aromatic carbocycles. The summed E-state index contributed by atoms with van der Waals surface area (Å²) in [6.07, 6.45) is 4.04. The second-order valence-corrected chi connectivity index (χ2v) is 10.1. The van der Waals surface area contributed by atoms with Crippen molar-refractivity contribution in [1.29, 1.82) is 0 Å². The molecule has 0 bridgehead atoms.